The van der Waals surface area contributed by atoms with Crippen LogP contribution in [0.5, 0.6) is 0 Å². The number of nitrogens with one attached hydrogen (secondary N) is 2. The van der Waals surface area contributed by atoms with Crippen LogP contribution < -0.4 is 10.6 Å². The zero-order valence-electron chi connectivity index (χ0n) is 10.6. The van der Waals surface area contributed by atoms with Gasteiger partial charge in [0.1, 0.15) is 5.82 Å². The summed E-state index contributed by atoms with van der Waals surface area (Å²) in [5.41, 5.74) is 0.331. The fraction of sp³-hybridized carbons (Fsp3) is 0.462. The number of halogens is 2. The van der Waals surface area contributed by atoms with E-state index in [1.807, 2.05) is 13.8 Å². The summed E-state index contributed by atoms with van der Waals surface area (Å²) < 4.78 is 14.1. The molecule has 18 heavy (non-hydrogen) atoms. The maximum Gasteiger partial charge on any atom is 0.239 e. The minimum atomic E-state index is -0.375. The molecule has 0 saturated heterocycles. The van der Waals surface area contributed by atoms with E-state index in [0.717, 1.165) is 12.8 Å². The molecule has 0 aliphatic carbocycles. The van der Waals surface area contributed by atoms with Crippen LogP contribution in [0.25, 0.3) is 0 Å². The van der Waals surface area contributed by atoms with Crippen LogP contribution >= 0.6 is 15.9 Å². The summed E-state index contributed by atoms with van der Waals surface area (Å²) in [5.74, 6) is -0.495. The Balaban J connectivity index is 2.47. The van der Waals surface area contributed by atoms with Crippen LogP contribution in [-0.4, -0.2) is 18.5 Å². The van der Waals surface area contributed by atoms with Gasteiger partial charge in [-0.25, -0.2) is 4.39 Å². The van der Waals surface area contributed by atoms with Crippen LogP contribution in [0.4, 0.5) is 10.1 Å². The molecular weight excluding hydrogens is 299 g/mol. The molecule has 0 fully saturated rings. The summed E-state index contributed by atoms with van der Waals surface area (Å²) in [7, 11) is 0. The van der Waals surface area contributed by atoms with Gasteiger partial charge in [-0.1, -0.05) is 29.8 Å². The topological polar surface area (TPSA) is 41.1 Å². The quantitative estimate of drug-likeness (QED) is 0.845. The molecule has 0 aliphatic rings. The van der Waals surface area contributed by atoms with Gasteiger partial charge in [0, 0.05) is 10.5 Å². The molecule has 1 aromatic rings. The molecule has 0 aromatic heterocycles. The van der Waals surface area contributed by atoms with Gasteiger partial charge in [0.25, 0.3) is 0 Å². The van der Waals surface area contributed by atoms with Crippen molar-refractivity contribution in [2.45, 2.75) is 32.7 Å². The van der Waals surface area contributed by atoms with Gasteiger partial charge < -0.3 is 10.6 Å². The largest absolute Gasteiger partial charge is 0.374 e. The Labute approximate surface area is 115 Å². The van der Waals surface area contributed by atoms with Crippen molar-refractivity contribution in [3.05, 3.63) is 28.5 Å². The molecule has 0 spiro atoms. The van der Waals surface area contributed by atoms with E-state index in [4.69, 9.17) is 0 Å². The van der Waals surface area contributed by atoms with Crippen molar-refractivity contribution >= 4 is 27.5 Å². The summed E-state index contributed by atoms with van der Waals surface area (Å²) in [6.45, 7) is 4.13. The third-order valence-electron chi connectivity index (χ3n) is 2.72. The molecule has 1 aromatic carbocycles. The van der Waals surface area contributed by atoms with Crippen molar-refractivity contribution in [2.75, 3.05) is 11.9 Å². The van der Waals surface area contributed by atoms with E-state index < -0.39 is 0 Å². The summed E-state index contributed by atoms with van der Waals surface area (Å²) in [5, 5.41) is 5.67. The van der Waals surface area contributed by atoms with E-state index in [1.54, 1.807) is 12.1 Å². The highest BCUT2D eigenvalue weighted by Gasteiger charge is 2.09. The lowest BCUT2D eigenvalue weighted by atomic mass is 10.2. The number of rotatable bonds is 6. The molecule has 2 N–H and O–H groups in total. The third-order valence-corrected chi connectivity index (χ3v) is 3.21. The number of carbonyl (C=O) groups is 1. The lowest BCUT2D eigenvalue weighted by Gasteiger charge is -2.15. The molecule has 100 valence electrons. The van der Waals surface area contributed by atoms with Crippen LogP contribution in [0.1, 0.15) is 26.7 Å². The molecule has 1 amide bonds. The number of hydrogen-bond acceptors (Lipinski definition) is 2. The Kier molecular flexibility index (Phi) is 6.12. The number of carbonyl (C=O) groups excluding carboxylic acids is 1. The summed E-state index contributed by atoms with van der Waals surface area (Å²) >= 11 is 3.18. The number of anilines is 1. The Morgan fingerprint density at radius 1 is 1.39 bits per heavy atom. The summed E-state index contributed by atoms with van der Waals surface area (Å²) in [6.07, 6.45) is 1.80. The van der Waals surface area contributed by atoms with Gasteiger partial charge in [-0.2, -0.15) is 0 Å². The lowest BCUT2D eigenvalue weighted by Crippen LogP contribution is -2.37. The van der Waals surface area contributed by atoms with Gasteiger partial charge in [0.15, 0.2) is 0 Å². The van der Waals surface area contributed by atoms with Crippen molar-refractivity contribution in [2.24, 2.45) is 0 Å². The smallest absolute Gasteiger partial charge is 0.239 e. The number of benzene rings is 1. The first kappa shape index (κ1) is 15.0. The second kappa shape index (κ2) is 7.36. The first-order chi connectivity index (χ1) is 8.56. The fourth-order valence-electron chi connectivity index (χ4n) is 1.58. The Hall–Kier alpha value is -1.10. The minimum Gasteiger partial charge on any atom is -0.374 e. The Bertz CT molecular complexity index is 408. The maximum atomic E-state index is 13.5. The average molecular weight is 317 g/mol. The average Bonchev–Trinajstić information content (AvgIpc) is 2.35. The molecule has 1 rings (SSSR count). The van der Waals surface area contributed by atoms with E-state index >= 15 is 0 Å². The highest BCUT2D eigenvalue weighted by Crippen LogP contribution is 2.18. The molecule has 0 saturated carbocycles. The van der Waals surface area contributed by atoms with E-state index in [0.29, 0.717) is 10.2 Å². The second-order valence-electron chi connectivity index (χ2n) is 4.06. The molecule has 0 aliphatic heterocycles. The fourth-order valence-corrected chi connectivity index (χ4v) is 1.91. The van der Waals surface area contributed by atoms with Gasteiger partial charge in [0.05, 0.1) is 12.2 Å². The monoisotopic (exact) mass is 316 g/mol. The minimum absolute atomic E-state index is 0.0784. The van der Waals surface area contributed by atoms with E-state index in [-0.39, 0.29) is 24.3 Å². The predicted molar refractivity (Wildman–Crippen MR) is 75.1 cm³/mol. The predicted octanol–water partition coefficient (Wildman–Crippen LogP) is 3.30. The highest BCUT2D eigenvalue weighted by molar-refractivity contribution is 9.10. The first-order valence-electron chi connectivity index (χ1n) is 6.05. The molecule has 0 unspecified atom stereocenters. The van der Waals surface area contributed by atoms with Crippen molar-refractivity contribution in [1.82, 2.24) is 5.32 Å². The third kappa shape index (κ3) is 4.64. The van der Waals surface area contributed by atoms with Gasteiger partial charge >= 0.3 is 0 Å². The van der Waals surface area contributed by atoms with Crippen molar-refractivity contribution in [3.63, 3.8) is 0 Å². The molecule has 5 heteroatoms. The van der Waals surface area contributed by atoms with Crippen LogP contribution in [-0.2, 0) is 4.79 Å². The first-order valence-corrected chi connectivity index (χ1v) is 6.84. The summed E-state index contributed by atoms with van der Waals surface area (Å²) in [4.78, 5) is 11.6. The normalized spacial score (nSPS) is 10.5. The van der Waals surface area contributed by atoms with Crippen LogP contribution in [0.2, 0.25) is 0 Å². The van der Waals surface area contributed by atoms with Gasteiger partial charge in [-0.15, -0.1) is 0 Å². The Morgan fingerprint density at radius 3 is 2.61 bits per heavy atom. The van der Waals surface area contributed by atoms with E-state index in [9.17, 15) is 9.18 Å². The van der Waals surface area contributed by atoms with Crippen LogP contribution in [0.3, 0.4) is 0 Å². The second-order valence-corrected chi connectivity index (χ2v) is 4.97. The Morgan fingerprint density at radius 2 is 2.06 bits per heavy atom. The van der Waals surface area contributed by atoms with Gasteiger partial charge in [0.2, 0.25) is 5.91 Å². The van der Waals surface area contributed by atoms with E-state index in [1.165, 1.54) is 6.07 Å². The zero-order chi connectivity index (χ0) is 13.5. The molecule has 0 bridgehead atoms. The van der Waals surface area contributed by atoms with Crippen molar-refractivity contribution in [1.29, 1.82) is 0 Å². The van der Waals surface area contributed by atoms with Gasteiger partial charge in [-0.05, 0) is 31.0 Å². The SMILES string of the molecule is CCC(CC)NC(=O)CNc1ccc(Br)cc1F. The molecular formula is C13H18BrFN2O. The highest BCUT2D eigenvalue weighted by atomic mass is 79.9. The maximum absolute atomic E-state index is 13.5. The molecule has 0 atom stereocenters. The molecule has 0 radical (unpaired) electrons. The zero-order valence-corrected chi connectivity index (χ0v) is 12.2. The summed E-state index contributed by atoms with van der Waals surface area (Å²) in [6, 6.07) is 4.88. The van der Waals surface area contributed by atoms with Crippen LogP contribution in [0.15, 0.2) is 22.7 Å². The molecule has 0 heterocycles. The lowest BCUT2D eigenvalue weighted by molar-refractivity contribution is -0.120. The standard InChI is InChI=1S/C13H18BrFN2O/c1-3-10(4-2)17-13(18)8-16-12-6-5-9(14)7-11(12)15/h5-7,10,16H,3-4,8H2,1-2H3,(H,17,18). The van der Waals surface area contributed by atoms with Gasteiger partial charge in [-0.3, -0.25) is 4.79 Å². The van der Waals surface area contributed by atoms with Crippen LogP contribution in [0, 0.1) is 5.82 Å². The number of amides is 1. The number of hydrogen-bond donors (Lipinski definition) is 2. The molecule has 3 nitrogen and oxygen atoms in total. The van der Waals surface area contributed by atoms with Crippen molar-refractivity contribution < 1.29 is 9.18 Å². The van der Waals surface area contributed by atoms with E-state index in [2.05, 4.69) is 26.6 Å². The van der Waals surface area contributed by atoms with Crippen molar-refractivity contribution in [3.8, 4) is 0 Å².